The fourth-order valence-electron chi connectivity index (χ4n) is 6.21. The summed E-state index contributed by atoms with van der Waals surface area (Å²) in [6, 6.07) is 18.2. The van der Waals surface area contributed by atoms with Crippen LogP contribution in [0.4, 0.5) is 0 Å². The van der Waals surface area contributed by atoms with Gasteiger partial charge in [-0.15, -0.1) is 0 Å². The van der Waals surface area contributed by atoms with Crippen LogP contribution in [0.15, 0.2) is 77.8 Å². The maximum atomic E-state index is 13.6. The third kappa shape index (κ3) is 16.2. The third-order valence-corrected chi connectivity index (χ3v) is 9.05. The summed E-state index contributed by atoms with van der Waals surface area (Å²) in [5.74, 6) is -3.39. The van der Waals surface area contributed by atoms with Gasteiger partial charge in [-0.2, -0.15) is 0 Å². The third-order valence-electron chi connectivity index (χ3n) is 9.05. The van der Waals surface area contributed by atoms with Gasteiger partial charge in [0.05, 0.1) is 17.7 Å². The van der Waals surface area contributed by atoms with Crippen LogP contribution in [-0.2, 0) is 57.1 Å². The van der Waals surface area contributed by atoms with Crippen LogP contribution in [-0.4, -0.2) is 91.6 Å². The normalized spacial score (nSPS) is 20.3. The van der Waals surface area contributed by atoms with Gasteiger partial charge in [0.1, 0.15) is 24.9 Å². The first-order valence-corrected chi connectivity index (χ1v) is 20.1. The molecule has 0 aromatic heterocycles. The number of esters is 5. The Morgan fingerprint density at radius 2 is 1.26 bits per heavy atom. The van der Waals surface area contributed by atoms with Crippen LogP contribution in [0.3, 0.4) is 0 Å². The van der Waals surface area contributed by atoms with Crippen molar-refractivity contribution in [3.63, 3.8) is 0 Å². The van der Waals surface area contributed by atoms with Gasteiger partial charge in [-0.05, 0) is 39.7 Å². The zero-order chi connectivity index (χ0) is 42.7. The standard InChI is InChI=1S/C45H61NO12/c1-9-10-11-12-13-14-15-22-27-37(58-44(51)45(6,7)8)36(46-39(34-23-18-16-19-24-34)35-25-20-17-21-26-35)28-53-43-42(56-33(5)50)41(55-32(4)49)40(54-31(3)48)38(57-43)29-52-30(2)47/h16-27,36-38,40-43H,9-15,28-29H2,1-8H3/b27-22+/t36-,37-,38+,40+,41-,42+,43+/m0/s1. The Hall–Kier alpha value is -4.88. The van der Waals surface area contributed by atoms with E-state index in [1.807, 2.05) is 72.8 Å². The van der Waals surface area contributed by atoms with E-state index in [0.29, 0.717) is 5.71 Å². The fraction of sp³-hybridized carbons (Fsp3) is 0.556. The molecule has 0 aliphatic carbocycles. The molecule has 2 aromatic carbocycles. The molecule has 1 aliphatic rings. The van der Waals surface area contributed by atoms with Crippen molar-refractivity contribution < 1.29 is 57.1 Å². The van der Waals surface area contributed by atoms with Gasteiger partial charge in [0.25, 0.3) is 0 Å². The molecular formula is C45H61NO12. The average molecular weight is 808 g/mol. The summed E-state index contributed by atoms with van der Waals surface area (Å²) in [5.41, 5.74) is 1.32. The Morgan fingerprint density at radius 1 is 0.724 bits per heavy atom. The fourth-order valence-corrected chi connectivity index (χ4v) is 6.21. The molecule has 0 bridgehead atoms. The molecule has 1 aliphatic heterocycles. The summed E-state index contributed by atoms with van der Waals surface area (Å²) in [5, 5.41) is 0. The summed E-state index contributed by atoms with van der Waals surface area (Å²) in [7, 11) is 0. The van der Waals surface area contributed by atoms with E-state index in [9.17, 15) is 24.0 Å². The zero-order valence-corrected chi connectivity index (χ0v) is 35.2. The lowest BCUT2D eigenvalue weighted by Crippen LogP contribution is -2.63. The number of unbranched alkanes of at least 4 members (excludes halogenated alkanes) is 6. The van der Waals surface area contributed by atoms with E-state index in [1.54, 1.807) is 20.8 Å². The minimum Gasteiger partial charge on any atom is -0.463 e. The topological polar surface area (TPSA) is 162 Å². The van der Waals surface area contributed by atoms with Crippen molar-refractivity contribution in [2.75, 3.05) is 13.2 Å². The second-order valence-electron chi connectivity index (χ2n) is 15.3. The summed E-state index contributed by atoms with van der Waals surface area (Å²) < 4.78 is 41.0. The summed E-state index contributed by atoms with van der Waals surface area (Å²) in [4.78, 5) is 68.0. The van der Waals surface area contributed by atoms with Gasteiger partial charge >= 0.3 is 29.8 Å². The molecule has 0 radical (unpaired) electrons. The molecule has 318 valence electrons. The molecule has 0 unspecified atom stereocenters. The zero-order valence-electron chi connectivity index (χ0n) is 35.2. The maximum absolute atomic E-state index is 13.6. The van der Waals surface area contributed by atoms with Gasteiger partial charge in [0, 0.05) is 38.8 Å². The molecule has 1 fully saturated rings. The van der Waals surface area contributed by atoms with Crippen LogP contribution in [0.25, 0.3) is 0 Å². The SMILES string of the molecule is CCCCCCCC/C=C/[C@H](OC(=O)C(C)(C)C)[C@H](CO[C@@H]1O[C@H](COC(C)=O)[C@@H](OC(C)=O)[C@H](OC(C)=O)[C@H]1OC(C)=O)N=C(c1ccccc1)c1ccccc1. The van der Waals surface area contributed by atoms with Gasteiger partial charge in [0.2, 0.25) is 0 Å². The van der Waals surface area contributed by atoms with Crippen molar-refractivity contribution in [3.05, 3.63) is 83.9 Å². The predicted molar refractivity (Wildman–Crippen MR) is 217 cm³/mol. The molecule has 2 aromatic rings. The second-order valence-corrected chi connectivity index (χ2v) is 15.3. The van der Waals surface area contributed by atoms with Gasteiger partial charge in [-0.1, -0.05) is 106 Å². The summed E-state index contributed by atoms with van der Waals surface area (Å²) in [6.45, 7) is 11.4. The second kappa shape index (κ2) is 24.1. The highest BCUT2D eigenvalue weighted by Gasteiger charge is 2.53. The number of carbonyl (C=O) groups is 5. The van der Waals surface area contributed by atoms with Crippen molar-refractivity contribution in [3.8, 4) is 0 Å². The lowest BCUT2D eigenvalue weighted by atomic mass is 9.97. The van der Waals surface area contributed by atoms with Gasteiger partial charge in [-0.25, -0.2) is 0 Å². The Bertz CT molecular complexity index is 1630. The first kappa shape index (κ1) is 47.5. The van der Waals surface area contributed by atoms with Crippen LogP contribution in [0.1, 0.15) is 111 Å². The predicted octanol–water partition coefficient (Wildman–Crippen LogP) is 7.26. The highest BCUT2D eigenvalue weighted by atomic mass is 16.7. The van der Waals surface area contributed by atoms with Gasteiger partial charge < -0.3 is 33.2 Å². The molecule has 58 heavy (non-hydrogen) atoms. The Labute approximate surface area is 342 Å². The number of ether oxygens (including phenoxy) is 7. The quantitative estimate of drug-likeness (QED) is 0.0409. The maximum Gasteiger partial charge on any atom is 0.311 e. The van der Waals surface area contributed by atoms with Crippen LogP contribution in [0.5, 0.6) is 0 Å². The van der Waals surface area contributed by atoms with E-state index in [1.165, 1.54) is 19.8 Å². The number of aliphatic imine (C=N–C) groups is 1. The van der Waals surface area contributed by atoms with Crippen LogP contribution in [0.2, 0.25) is 0 Å². The van der Waals surface area contributed by atoms with Gasteiger partial charge in [-0.3, -0.25) is 29.0 Å². The minimum atomic E-state index is -1.47. The molecule has 0 N–H and O–H groups in total. The largest absolute Gasteiger partial charge is 0.463 e. The smallest absolute Gasteiger partial charge is 0.311 e. The molecule has 3 rings (SSSR count). The first-order valence-electron chi connectivity index (χ1n) is 20.1. The lowest BCUT2D eigenvalue weighted by Gasteiger charge is -2.44. The number of rotatable bonds is 21. The molecular weight excluding hydrogens is 746 g/mol. The number of nitrogens with zero attached hydrogens (tertiary/aromatic N) is 1. The number of carbonyl (C=O) groups excluding carboxylic acids is 5. The van der Waals surface area contributed by atoms with E-state index in [-0.39, 0.29) is 6.61 Å². The number of benzene rings is 2. The van der Waals surface area contributed by atoms with Crippen molar-refractivity contribution in [1.29, 1.82) is 0 Å². The highest BCUT2D eigenvalue weighted by Crippen LogP contribution is 2.31. The molecule has 0 saturated carbocycles. The summed E-state index contributed by atoms with van der Waals surface area (Å²) >= 11 is 0. The van der Waals surface area contributed by atoms with Crippen molar-refractivity contribution in [2.45, 2.75) is 143 Å². The molecule has 1 saturated heterocycles. The molecule has 0 amide bonds. The van der Waals surface area contributed by atoms with E-state index < -0.39 is 84.7 Å². The Balaban J connectivity index is 2.17. The Kier molecular flexibility index (Phi) is 19.8. The van der Waals surface area contributed by atoms with E-state index in [4.69, 9.17) is 38.2 Å². The van der Waals surface area contributed by atoms with E-state index in [2.05, 4.69) is 6.92 Å². The molecule has 0 spiro atoms. The van der Waals surface area contributed by atoms with Crippen molar-refractivity contribution >= 4 is 35.6 Å². The monoisotopic (exact) mass is 807 g/mol. The van der Waals surface area contributed by atoms with Crippen molar-refractivity contribution in [2.24, 2.45) is 10.4 Å². The van der Waals surface area contributed by atoms with Crippen LogP contribution >= 0.6 is 0 Å². The Morgan fingerprint density at radius 3 is 1.79 bits per heavy atom. The number of allylic oxidation sites excluding steroid dienone is 1. The highest BCUT2D eigenvalue weighted by molar-refractivity contribution is 6.13. The molecule has 1 heterocycles. The van der Waals surface area contributed by atoms with E-state index >= 15 is 0 Å². The first-order chi connectivity index (χ1) is 27.6. The average Bonchev–Trinajstić information content (AvgIpc) is 3.16. The van der Waals surface area contributed by atoms with Crippen LogP contribution < -0.4 is 0 Å². The summed E-state index contributed by atoms with van der Waals surface area (Å²) in [6.07, 6.45) is 3.40. The van der Waals surface area contributed by atoms with Gasteiger partial charge in [0.15, 0.2) is 24.6 Å². The molecule has 13 heteroatoms. The number of hydrogen-bond donors (Lipinski definition) is 0. The minimum absolute atomic E-state index is 0.277. The molecule has 13 nitrogen and oxygen atoms in total. The molecule has 7 atom stereocenters. The number of hydrogen-bond acceptors (Lipinski definition) is 13. The lowest BCUT2D eigenvalue weighted by molar-refractivity contribution is -0.309. The van der Waals surface area contributed by atoms with Crippen molar-refractivity contribution in [1.82, 2.24) is 0 Å². The van der Waals surface area contributed by atoms with Crippen LogP contribution in [0, 0.1) is 5.41 Å². The van der Waals surface area contributed by atoms with E-state index in [0.717, 1.165) is 64.0 Å².